The van der Waals surface area contributed by atoms with Crippen molar-refractivity contribution in [2.24, 2.45) is 5.92 Å². The van der Waals surface area contributed by atoms with E-state index < -0.39 is 17.9 Å². The number of hydrogen-bond donors (Lipinski definition) is 2. The average Bonchev–Trinajstić information content (AvgIpc) is 2.38. The van der Waals surface area contributed by atoms with Gasteiger partial charge in [0.05, 0.1) is 5.92 Å². The first-order valence-corrected chi connectivity index (χ1v) is 7.08. The molecule has 6 heteroatoms. The van der Waals surface area contributed by atoms with E-state index in [-0.39, 0.29) is 30.7 Å². The second kappa shape index (κ2) is 6.22. The summed E-state index contributed by atoms with van der Waals surface area (Å²) in [4.78, 5) is 0. The number of alkyl halides is 3. The van der Waals surface area contributed by atoms with Crippen LogP contribution in [-0.4, -0.2) is 17.3 Å². The van der Waals surface area contributed by atoms with Crippen LogP contribution in [0.4, 0.5) is 17.6 Å². The summed E-state index contributed by atoms with van der Waals surface area (Å²) < 4.78 is 51.5. The predicted octanol–water partition coefficient (Wildman–Crippen LogP) is 4.30. The molecule has 0 radical (unpaired) electrons. The summed E-state index contributed by atoms with van der Waals surface area (Å²) in [5, 5.41) is 12.4. The zero-order valence-electron chi connectivity index (χ0n) is 11.8. The van der Waals surface area contributed by atoms with Gasteiger partial charge in [-0.2, -0.15) is 13.2 Å². The summed E-state index contributed by atoms with van der Waals surface area (Å²) in [7, 11) is 0. The minimum Gasteiger partial charge on any atom is -0.508 e. The number of phenolic OH excluding ortho intramolecular Hbond substituents is 1. The molecule has 0 heterocycles. The van der Waals surface area contributed by atoms with E-state index in [2.05, 4.69) is 5.32 Å². The molecule has 2 rings (SSSR count). The van der Waals surface area contributed by atoms with Gasteiger partial charge in [-0.3, -0.25) is 0 Å². The molecule has 1 saturated carbocycles. The molecule has 1 aromatic rings. The van der Waals surface area contributed by atoms with E-state index in [4.69, 9.17) is 0 Å². The zero-order chi connectivity index (χ0) is 15.6. The van der Waals surface area contributed by atoms with Gasteiger partial charge in [0.1, 0.15) is 11.6 Å². The summed E-state index contributed by atoms with van der Waals surface area (Å²) in [6.45, 7) is 1.77. The molecule has 2 N–H and O–H groups in total. The van der Waals surface area contributed by atoms with Gasteiger partial charge >= 0.3 is 6.18 Å². The number of rotatable bonds is 3. The number of hydrogen-bond acceptors (Lipinski definition) is 2. The van der Waals surface area contributed by atoms with Gasteiger partial charge in [-0.05, 0) is 38.7 Å². The van der Waals surface area contributed by atoms with Crippen molar-refractivity contribution in [2.45, 2.75) is 50.9 Å². The molecule has 21 heavy (non-hydrogen) atoms. The highest BCUT2D eigenvalue weighted by Crippen LogP contribution is 2.38. The molecular formula is C15H19F4NO. The van der Waals surface area contributed by atoms with Crippen LogP contribution in [0.25, 0.3) is 0 Å². The number of halogens is 4. The Morgan fingerprint density at radius 1 is 1.19 bits per heavy atom. The third-order valence-corrected chi connectivity index (χ3v) is 4.13. The van der Waals surface area contributed by atoms with Gasteiger partial charge in [-0.15, -0.1) is 0 Å². The molecule has 0 spiro atoms. The molecule has 2 nitrogen and oxygen atoms in total. The lowest BCUT2D eigenvalue weighted by molar-refractivity contribution is -0.182. The lowest BCUT2D eigenvalue weighted by atomic mass is 9.85. The van der Waals surface area contributed by atoms with E-state index in [1.54, 1.807) is 6.92 Å². The van der Waals surface area contributed by atoms with Crippen molar-refractivity contribution in [3.05, 3.63) is 29.6 Å². The van der Waals surface area contributed by atoms with Gasteiger partial charge in [0, 0.05) is 23.7 Å². The van der Waals surface area contributed by atoms with Crippen LogP contribution in [0.5, 0.6) is 5.75 Å². The van der Waals surface area contributed by atoms with Crippen molar-refractivity contribution in [2.75, 3.05) is 0 Å². The number of aromatic hydroxyl groups is 1. The average molecular weight is 305 g/mol. The highest BCUT2D eigenvalue weighted by molar-refractivity contribution is 5.29. The predicted molar refractivity (Wildman–Crippen MR) is 71.4 cm³/mol. The van der Waals surface area contributed by atoms with Gasteiger partial charge in [0.15, 0.2) is 0 Å². The number of nitrogens with one attached hydrogen (secondary N) is 1. The van der Waals surface area contributed by atoms with Crippen LogP contribution in [0.1, 0.15) is 44.2 Å². The minimum absolute atomic E-state index is 0.0354. The Hall–Kier alpha value is -1.30. The second-order valence-electron chi connectivity index (χ2n) is 5.68. The van der Waals surface area contributed by atoms with E-state index in [9.17, 15) is 22.7 Å². The molecule has 0 bridgehead atoms. The molecule has 0 aromatic heterocycles. The minimum atomic E-state index is -4.11. The summed E-state index contributed by atoms with van der Waals surface area (Å²) in [5.41, 5.74) is 0.408. The SMILES string of the molecule is CC(NC1CCC(C(F)(F)F)CC1)c1ccc(O)cc1F. The van der Waals surface area contributed by atoms with Crippen LogP contribution in [0.3, 0.4) is 0 Å². The highest BCUT2D eigenvalue weighted by atomic mass is 19.4. The first-order valence-electron chi connectivity index (χ1n) is 7.08. The Morgan fingerprint density at radius 2 is 1.81 bits per heavy atom. The molecular weight excluding hydrogens is 286 g/mol. The maximum Gasteiger partial charge on any atom is 0.391 e. The highest BCUT2D eigenvalue weighted by Gasteiger charge is 2.41. The van der Waals surface area contributed by atoms with Gasteiger partial charge in [-0.1, -0.05) is 6.07 Å². The zero-order valence-corrected chi connectivity index (χ0v) is 11.8. The fourth-order valence-electron chi connectivity index (χ4n) is 2.90. The normalized spacial score (nSPS) is 24.8. The van der Waals surface area contributed by atoms with Crippen LogP contribution in [-0.2, 0) is 0 Å². The smallest absolute Gasteiger partial charge is 0.391 e. The first-order chi connectivity index (χ1) is 9.77. The van der Waals surface area contributed by atoms with Crippen molar-refractivity contribution < 1.29 is 22.7 Å². The topological polar surface area (TPSA) is 32.3 Å². The molecule has 0 amide bonds. The molecule has 1 atom stereocenters. The van der Waals surface area contributed by atoms with Gasteiger partial charge in [0.2, 0.25) is 0 Å². The summed E-state index contributed by atoms with van der Waals surface area (Å²) in [6, 6.07) is 3.58. The summed E-state index contributed by atoms with van der Waals surface area (Å²) >= 11 is 0. The van der Waals surface area contributed by atoms with Gasteiger partial charge < -0.3 is 10.4 Å². The van der Waals surface area contributed by atoms with Crippen LogP contribution >= 0.6 is 0 Å². The number of phenols is 1. The molecule has 0 aliphatic heterocycles. The monoisotopic (exact) mass is 305 g/mol. The fourth-order valence-corrected chi connectivity index (χ4v) is 2.90. The summed E-state index contributed by atoms with van der Waals surface area (Å²) in [5.74, 6) is -1.87. The van der Waals surface area contributed by atoms with Crippen molar-refractivity contribution >= 4 is 0 Å². The van der Waals surface area contributed by atoms with Crippen molar-refractivity contribution in [3.63, 3.8) is 0 Å². The lowest BCUT2D eigenvalue weighted by Crippen LogP contribution is -2.38. The Balaban J connectivity index is 1.91. The molecule has 1 fully saturated rings. The second-order valence-corrected chi connectivity index (χ2v) is 5.68. The standard InChI is InChI=1S/C15H19F4NO/c1-9(13-7-6-12(21)8-14(13)16)20-11-4-2-10(3-5-11)15(17,18)19/h6-11,20-21H,2-5H2,1H3. The summed E-state index contributed by atoms with van der Waals surface area (Å²) in [6.07, 6.45) is -3.00. The van der Waals surface area contributed by atoms with Crippen molar-refractivity contribution in [1.29, 1.82) is 0 Å². The Kier molecular flexibility index (Phi) is 4.76. The van der Waals surface area contributed by atoms with E-state index >= 15 is 0 Å². The molecule has 0 saturated heterocycles. The third kappa shape index (κ3) is 4.09. The van der Waals surface area contributed by atoms with E-state index in [0.717, 1.165) is 6.07 Å². The van der Waals surface area contributed by atoms with Crippen LogP contribution in [0.2, 0.25) is 0 Å². The van der Waals surface area contributed by atoms with Gasteiger partial charge in [-0.25, -0.2) is 4.39 Å². The quantitative estimate of drug-likeness (QED) is 0.816. The van der Waals surface area contributed by atoms with E-state index in [0.29, 0.717) is 18.4 Å². The van der Waals surface area contributed by atoms with Crippen LogP contribution in [0, 0.1) is 11.7 Å². The van der Waals surface area contributed by atoms with Gasteiger partial charge in [0.25, 0.3) is 0 Å². The van der Waals surface area contributed by atoms with Crippen molar-refractivity contribution in [3.8, 4) is 5.75 Å². The third-order valence-electron chi connectivity index (χ3n) is 4.13. The molecule has 1 unspecified atom stereocenters. The van der Waals surface area contributed by atoms with E-state index in [1.807, 2.05) is 0 Å². The van der Waals surface area contributed by atoms with Crippen molar-refractivity contribution in [1.82, 2.24) is 5.32 Å². The Bertz CT molecular complexity index is 481. The maximum atomic E-state index is 13.7. The lowest BCUT2D eigenvalue weighted by Gasteiger charge is -2.32. The van der Waals surface area contributed by atoms with Crippen LogP contribution < -0.4 is 5.32 Å². The Labute approximate surface area is 121 Å². The number of benzene rings is 1. The van der Waals surface area contributed by atoms with Crippen LogP contribution in [0.15, 0.2) is 18.2 Å². The molecule has 1 aliphatic carbocycles. The molecule has 1 aliphatic rings. The molecule has 118 valence electrons. The maximum absolute atomic E-state index is 13.7. The molecule has 1 aromatic carbocycles. The fraction of sp³-hybridized carbons (Fsp3) is 0.600. The Morgan fingerprint density at radius 3 is 2.33 bits per heavy atom. The van der Waals surface area contributed by atoms with E-state index in [1.165, 1.54) is 12.1 Å². The first kappa shape index (κ1) is 16.1. The largest absolute Gasteiger partial charge is 0.508 e.